The van der Waals surface area contributed by atoms with Crippen molar-refractivity contribution in [1.29, 1.82) is 0 Å². The van der Waals surface area contributed by atoms with Crippen molar-refractivity contribution in [1.82, 2.24) is 24.4 Å². The van der Waals surface area contributed by atoms with Gasteiger partial charge in [-0.15, -0.1) is 0 Å². The highest BCUT2D eigenvalue weighted by molar-refractivity contribution is 5.99. The topological polar surface area (TPSA) is 96.2 Å². The Kier molecular flexibility index (Phi) is 8.56. The second kappa shape index (κ2) is 12.5. The minimum Gasteiger partial charge on any atom is -0.368 e. The first kappa shape index (κ1) is 28.8. The van der Waals surface area contributed by atoms with E-state index in [9.17, 15) is 9.59 Å². The van der Waals surface area contributed by atoms with Crippen molar-refractivity contribution in [3.8, 4) is 0 Å². The Morgan fingerprint density at radius 3 is 2.43 bits per heavy atom. The molecule has 0 radical (unpaired) electrons. The van der Waals surface area contributed by atoms with Crippen molar-refractivity contribution in [3.63, 3.8) is 0 Å². The summed E-state index contributed by atoms with van der Waals surface area (Å²) in [6.45, 7) is 11.1. The van der Waals surface area contributed by atoms with E-state index in [0.717, 1.165) is 74.8 Å². The van der Waals surface area contributed by atoms with Gasteiger partial charge in [0.05, 0.1) is 17.4 Å². The van der Waals surface area contributed by atoms with Crippen LogP contribution in [0.2, 0.25) is 0 Å². The van der Waals surface area contributed by atoms with Crippen LogP contribution in [0.1, 0.15) is 93.6 Å². The Balaban J connectivity index is 1.13. The molecule has 1 N–H and O–H groups in total. The normalized spacial score (nSPS) is 22.1. The van der Waals surface area contributed by atoms with Crippen molar-refractivity contribution in [2.24, 2.45) is 11.8 Å². The van der Waals surface area contributed by atoms with E-state index < -0.39 is 0 Å². The number of hydrogen-bond acceptors (Lipinski definition) is 8. The lowest BCUT2D eigenvalue weighted by Gasteiger charge is -2.39. The maximum Gasteiger partial charge on any atom is 0.263 e. The lowest BCUT2D eigenvalue weighted by Crippen LogP contribution is -2.48. The van der Waals surface area contributed by atoms with E-state index in [1.54, 1.807) is 10.8 Å². The summed E-state index contributed by atoms with van der Waals surface area (Å²) >= 11 is 0. The number of piperazine rings is 1. The van der Waals surface area contributed by atoms with Crippen LogP contribution in [0.15, 0.2) is 29.3 Å². The Hall–Kier alpha value is -3.33. The first-order valence-corrected chi connectivity index (χ1v) is 16.0. The quantitative estimate of drug-likeness (QED) is 0.334. The number of anilines is 3. The molecule has 0 spiro atoms. The van der Waals surface area contributed by atoms with Gasteiger partial charge in [-0.1, -0.05) is 39.0 Å². The summed E-state index contributed by atoms with van der Waals surface area (Å²) in [5.41, 5.74) is 2.37. The Morgan fingerprint density at radius 2 is 1.74 bits per heavy atom. The first-order chi connectivity index (χ1) is 20.4. The van der Waals surface area contributed by atoms with Gasteiger partial charge < -0.3 is 10.2 Å². The molecule has 6 rings (SSSR count). The van der Waals surface area contributed by atoms with Crippen LogP contribution < -0.4 is 15.8 Å². The van der Waals surface area contributed by atoms with Gasteiger partial charge in [0.15, 0.2) is 5.78 Å². The Bertz CT molecular complexity index is 1470. The molecule has 3 aromatic heterocycles. The zero-order valence-corrected chi connectivity index (χ0v) is 25.4. The Labute approximate surface area is 248 Å². The van der Waals surface area contributed by atoms with E-state index in [-0.39, 0.29) is 22.9 Å². The minimum atomic E-state index is -0.240. The molecule has 1 aliphatic heterocycles. The van der Waals surface area contributed by atoms with E-state index >= 15 is 0 Å². The summed E-state index contributed by atoms with van der Waals surface area (Å²) in [6, 6.07) is 4.13. The van der Waals surface area contributed by atoms with Crippen molar-refractivity contribution < 1.29 is 4.79 Å². The average Bonchev–Trinajstić information content (AvgIpc) is 3.52. The van der Waals surface area contributed by atoms with Gasteiger partial charge in [0.2, 0.25) is 5.95 Å². The SMILES string of the molecule is CCC1CCCC(CN2CCN(c3ccc(Nc4ncc5c(C)c(C(C)=O)c(=O)n(C6CCCC6)c5n4)nc3)CC2)C1. The number of aryl methyl sites for hydroxylation is 1. The van der Waals surface area contributed by atoms with E-state index in [1.165, 1.54) is 45.6 Å². The average molecular weight is 572 g/mol. The monoisotopic (exact) mass is 571 g/mol. The van der Waals surface area contributed by atoms with Crippen molar-refractivity contribution in [2.45, 2.75) is 84.6 Å². The maximum absolute atomic E-state index is 13.5. The fourth-order valence-corrected chi connectivity index (χ4v) is 7.56. The standard InChI is InChI=1S/C33H45N7O2/c1-4-24-8-7-9-25(18-24)21-38-14-16-39(17-15-38)27-12-13-29(34-19-27)36-33-35-20-28-22(2)30(23(3)41)32(42)40(31(28)37-33)26-10-5-6-11-26/h12-13,19-20,24-26H,4-11,14-18,21H2,1-3H3,(H,34,35,36,37). The number of nitrogens with zero attached hydrogens (tertiary/aromatic N) is 6. The first-order valence-electron chi connectivity index (χ1n) is 16.0. The molecule has 42 heavy (non-hydrogen) atoms. The molecule has 0 aromatic carbocycles. The molecule has 9 nitrogen and oxygen atoms in total. The molecule has 3 aliphatic rings. The molecule has 224 valence electrons. The molecular formula is C33H45N7O2. The van der Waals surface area contributed by atoms with E-state index in [2.05, 4.69) is 38.1 Å². The molecule has 1 saturated heterocycles. The number of pyridine rings is 2. The number of rotatable bonds is 8. The molecular weight excluding hydrogens is 526 g/mol. The number of ketones is 1. The molecule has 2 aliphatic carbocycles. The predicted octanol–water partition coefficient (Wildman–Crippen LogP) is 5.89. The third kappa shape index (κ3) is 5.93. The molecule has 0 bridgehead atoms. The van der Waals surface area contributed by atoms with E-state index in [0.29, 0.717) is 23.0 Å². The zero-order chi connectivity index (χ0) is 29.2. The lowest BCUT2D eigenvalue weighted by atomic mass is 9.80. The molecule has 9 heteroatoms. The molecule has 2 atom stereocenters. The summed E-state index contributed by atoms with van der Waals surface area (Å²) in [4.78, 5) is 44.9. The summed E-state index contributed by atoms with van der Waals surface area (Å²) in [5, 5.41) is 3.98. The number of carbonyl (C=O) groups is 1. The molecule has 3 fully saturated rings. The largest absolute Gasteiger partial charge is 0.368 e. The molecule has 4 heterocycles. The molecule has 3 aromatic rings. The lowest BCUT2D eigenvalue weighted by molar-refractivity contribution is 0.101. The van der Waals surface area contributed by atoms with Gasteiger partial charge in [0, 0.05) is 50.3 Å². The number of fused-ring (bicyclic) bond motifs is 1. The van der Waals surface area contributed by atoms with Gasteiger partial charge >= 0.3 is 0 Å². The van der Waals surface area contributed by atoms with Crippen LogP contribution >= 0.6 is 0 Å². The second-order valence-corrected chi connectivity index (χ2v) is 12.7. The van der Waals surface area contributed by atoms with E-state index in [4.69, 9.17) is 4.98 Å². The van der Waals surface area contributed by atoms with Crippen LogP contribution in [0.4, 0.5) is 17.5 Å². The third-order valence-corrected chi connectivity index (χ3v) is 9.96. The predicted molar refractivity (Wildman–Crippen MR) is 168 cm³/mol. The number of Topliss-reactive ketones (excluding diaryl/α,β-unsaturated/α-hetero) is 1. The van der Waals surface area contributed by atoms with Crippen LogP contribution in [0.5, 0.6) is 0 Å². The van der Waals surface area contributed by atoms with Crippen LogP contribution in [0.25, 0.3) is 11.0 Å². The van der Waals surface area contributed by atoms with Crippen LogP contribution in [0.3, 0.4) is 0 Å². The van der Waals surface area contributed by atoms with Crippen LogP contribution in [-0.2, 0) is 0 Å². The van der Waals surface area contributed by atoms with E-state index in [1.807, 2.05) is 19.2 Å². The Morgan fingerprint density at radius 1 is 0.976 bits per heavy atom. The van der Waals surface area contributed by atoms with Crippen molar-refractivity contribution in [2.75, 3.05) is 42.9 Å². The number of carbonyl (C=O) groups excluding carboxylic acids is 1. The molecule has 2 saturated carbocycles. The van der Waals surface area contributed by atoms with Crippen molar-refractivity contribution in [3.05, 3.63) is 46.0 Å². The fraction of sp³-hybridized carbons (Fsp3) is 0.606. The maximum atomic E-state index is 13.5. The summed E-state index contributed by atoms with van der Waals surface area (Å²) in [7, 11) is 0. The second-order valence-electron chi connectivity index (χ2n) is 12.7. The number of aromatic nitrogens is 4. The number of nitrogens with one attached hydrogen (secondary N) is 1. The third-order valence-electron chi connectivity index (χ3n) is 9.96. The van der Waals surface area contributed by atoms with Gasteiger partial charge in [-0.25, -0.2) is 9.97 Å². The van der Waals surface area contributed by atoms with Crippen molar-refractivity contribution >= 4 is 34.3 Å². The summed E-state index contributed by atoms with van der Waals surface area (Å²) in [6.07, 6.45) is 14.6. The number of hydrogen-bond donors (Lipinski definition) is 1. The molecule has 0 amide bonds. The van der Waals surface area contributed by atoms with Gasteiger partial charge in [-0.3, -0.25) is 19.1 Å². The van der Waals surface area contributed by atoms with Gasteiger partial charge in [-0.2, -0.15) is 4.98 Å². The van der Waals surface area contributed by atoms with Gasteiger partial charge in [-0.05, 0) is 69.1 Å². The highest BCUT2D eigenvalue weighted by atomic mass is 16.1. The summed E-state index contributed by atoms with van der Waals surface area (Å²) in [5.74, 6) is 2.64. The van der Waals surface area contributed by atoms with Crippen LogP contribution in [0, 0.1) is 18.8 Å². The highest BCUT2D eigenvalue weighted by Gasteiger charge is 2.27. The van der Waals surface area contributed by atoms with Gasteiger partial charge in [0.1, 0.15) is 11.5 Å². The zero-order valence-electron chi connectivity index (χ0n) is 25.4. The van der Waals surface area contributed by atoms with Crippen LogP contribution in [-0.4, -0.2) is 62.9 Å². The molecule has 2 unspecified atom stereocenters. The van der Waals surface area contributed by atoms with Gasteiger partial charge in [0.25, 0.3) is 5.56 Å². The highest BCUT2D eigenvalue weighted by Crippen LogP contribution is 2.33. The summed E-state index contributed by atoms with van der Waals surface area (Å²) < 4.78 is 1.74. The fourth-order valence-electron chi connectivity index (χ4n) is 7.56. The minimum absolute atomic E-state index is 0.0512. The smallest absolute Gasteiger partial charge is 0.263 e.